The third-order valence-corrected chi connectivity index (χ3v) is 17.4. The number of rotatable bonds is 6. The van der Waals surface area contributed by atoms with Gasteiger partial charge >= 0.3 is 0 Å². The molecule has 0 N–H and O–H groups in total. The number of halogens is 9. The topological polar surface area (TPSA) is 27.7 Å². The lowest BCUT2D eigenvalue weighted by Crippen LogP contribution is -2.47. The average molecular weight is 1050 g/mol. The maximum atomic E-state index is 14.8. The van der Waals surface area contributed by atoms with Gasteiger partial charge in [-0.2, -0.15) is 0 Å². The number of hydrogen-bond donors (Lipinski definition) is 0. The quantitative estimate of drug-likeness (QED) is 0.156. The molecule has 3 aliphatic carbocycles. The molecule has 0 spiro atoms. The Hall–Kier alpha value is -4.83. The van der Waals surface area contributed by atoms with Crippen LogP contribution in [-0.4, -0.2) is 19.3 Å². The summed E-state index contributed by atoms with van der Waals surface area (Å²) in [5.41, 5.74) is 3.39. The van der Waals surface area contributed by atoms with Gasteiger partial charge in [0.25, 0.3) is 0 Å². The summed E-state index contributed by atoms with van der Waals surface area (Å²) >= 11 is 18.0. The molecule has 2 bridgehead atoms. The van der Waals surface area contributed by atoms with Crippen molar-refractivity contribution in [1.29, 1.82) is 0 Å². The van der Waals surface area contributed by atoms with E-state index in [1.807, 2.05) is 72.8 Å². The molecular formula is C60H57Cl3F6O3. The predicted octanol–water partition coefficient (Wildman–Crippen LogP) is 17.2. The van der Waals surface area contributed by atoms with Crippen LogP contribution in [0, 0.1) is 46.7 Å². The molecule has 3 nitrogen and oxygen atoms in total. The first-order valence-corrected chi connectivity index (χ1v) is 26.5. The zero-order valence-electron chi connectivity index (χ0n) is 40.0. The normalized spacial score (nSPS) is 25.5. The molecule has 6 aliphatic rings. The Kier molecular flexibility index (Phi) is 14.9. The van der Waals surface area contributed by atoms with Gasteiger partial charge in [-0.1, -0.05) is 103 Å². The lowest BCUT2D eigenvalue weighted by molar-refractivity contribution is 0.0784. The van der Waals surface area contributed by atoms with Crippen molar-refractivity contribution in [2.45, 2.75) is 125 Å². The van der Waals surface area contributed by atoms with Crippen LogP contribution < -0.4 is 14.2 Å². The zero-order chi connectivity index (χ0) is 50.2. The molecule has 0 amide bonds. The fourth-order valence-corrected chi connectivity index (χ4v) is 13.7. The van der Waals surface area contributed by atoms with Gasteiger partial charge in [-0.3, -0.25) is 0 Å². The molecule has 0 aromatic heterocycles. The molecule has 3 fully saturated rings. The molecule has 0 saturated heterocycles. The van der Waals surface area contributed by atoms with Crippen molar-refractivity contribution in [2.24, 2.45) is 11.8 Å². The van der Waals surface area contributed by atoms with E-state index in [1.165, 1.54) is 18.2 Å². The number of fused-ring (bicyclic) bond motifs is 10. The van der Waals surface area contributed by atoms with Gasteiger partial charge < -0.3 is 14.2 Å². The van der Waals surface area contributed by atoms with Gasteiger partial charge in [0.1, 0.15) is 17.4 Å². The fraction of sp³-hybridized carbons (Fsp3) is 0.400. The van der Waals surface area contributed by atoms with Crippen molar-refractivity contribution in [3.8, 4) is 17.2 Å². The predicted molar refractivity (Wildman–Crippen MR) is 272 cm³/mol. The van der Waals surface area contributed by atoms with Crippen LogP contribution in [0.2, 0.25) is 15.1 Å². The summed E-state index contributed by atoms with van der Waals surface area (Å²) in [6.45, 7) is 1.03. The van der Waals surface area contributed by atoms with E-state index in [1.54, 1.807) is 6.07 Å². The number of hydrogen-bond acceptors (Lipinski definition) is 3. The van der Waals surface area contributed by atoms with Crippen LogP contribution in [0.3, 0.4) is 0 Å². The molecule has 6 aromatic carbocycles. The highest BCUT2D eigenvalue weighted by molar-refractivity contribution is 6.31. The first-order valence-electron chi connectivity index (χ1n) is 25.4. The summed E-state index contributed by atoms with van der Waals surface area (Å²) in [6, 6.07) is 30.5. The second kappa shape index (κ2) is 21.2. The van der Waals surface area contributed by atoms with Crippen LogP contribution >= 0.6 is 34.8 Å². The Morgan fingerprint density at radius 1 is 0.431 bits per heavy atom. The van der Waals surface area contributed by atoms with Crippen molar-refractivity contribution in [3.63, 3.8) is 0 Å². The molecule has 3 aliphatic heterocycles. The number of ether oxygens (including phenoxy) is 3. The molecule has 0 unspecified atom stereocenters. The monoisotopic (exact) mass is 1040 g/mol. The van der Waals surface area contributed by atoms with Crippen molar-refractivity contribution < 1.29 is 40.6 Å². The molecule has 6 aromatic rings. The second-order valence-corrected chi connectivity index (χ2v) is 22.2. The Balaban J connectivity index is 0.000000124. The second-order valence-electron chi connectivity index (χ2n) is 20.9. The van der Waals surface area contributed by atoms with Crippen LogP contribution in [0.25, 0.3) is 0 Å². The van der Waals surface area contributed by atoms with Gasteiger partial charge in [-0.05, 0) is 160 Å². The van der Waals surface area contributed by atoms with Crippen LogP contribution in [0.15, 0.2) is 109 Å². The molecule has 378 valence electrons. The van der Waals surface area contributed by atoms with Crippen LogP contribution in [0.4, 0.5) is 26.3 Å². The molecule has 12 rings (SSSR count). The highest BCUT2D eigenvalue weighted by atomic mass is 35.5. The molecule has 6 atom stereocenters. The van der Waals surface area contributed by atoms with Gasteiger partial charge in [0.2, 0.25) is 0 Å². The summed E-state index contributed by atoms with van der Waals surface area (Å²) in [5, 5.41) is 2.04. The zero-order valence-corrected chi connectivity index (χ0v) is 42.2. The standard InChI is InChI=1S/3C20H19ClF2O/c21-14-6-4-13(5-7-14)11-20-10-2-1-3-15(12-20)24-19-17(23)9-8-16(22)18(19)20;21-15-6-4-13(5-7-15)11-20-10-2-1-3-14(20)12-24-17-9-8-16(22)19(23)18(17)20;21-15-6-4-13(5-7-15)11-20-10-2-1-3-14(20)12-24-19-17(23)9-8-16(22)18(19)20/h4-9,15H,1-3,10-12H2;2*4-9,14H,1-3,10-12H2/t15-,20-;2*14-,20+/m001/s1. The van der Waals surface area contributed by atoms with Crippen molar-refractivity contribution in [2.75, 3.05) is 13.2 Å². The highest BCUT2D eigenvalue weighted by Gasteiger charge is 2.51. The first-order chi connectivity index (χ1) is 34.8. The summed E-state index contributed by atoms with van der Waals surface area (Å²) in [6.07, 6.45) is 14.5. The average Bonchev–Trinajstić information content (AvgIpc) is 3.54. The SMILES string of the molecule is Fc1ccc(F)c2c1OC[C@H]1CCCC[C@@]21Cc1ccc(Cl)cc1.Fc1ccc(F)c2c1O[C@H]1CCCC[C@]2(Cc2ccc(Cl)cc2)C1.Fc1ccc2c(c1F)[C@@]1(Cc3ccc(Cl)cc3)CCCC[C@H]1CO2. The Morgan fingerprint density at radius 3 is 1.47 bits per heavy atom. The van der Waals surface area contributed by atoms with Gasteiger partial charge in [-0.25, -0.2) is 26.3 Å². The Labute approximate surface area is 433 Å². The molecule has 3 heterocycles. The summed E-state index contributed by atoms with van der Waals surface area (Å²) in [7, 11) is 0. The maximum Gasteiger partial charge on any atom is 0.166 e. The minimum Gasteiger partial charge on any atom is -0.493 e. The minimum absolute atomic E-state index is 0.0383. The van der Waals surface area contributed by atoms with E-state index < -0.39 is 39.5 Å². The highest BCUT2D eigenvalue weighted by Crippen LogP contribution is 2.56. The van der Waals surface area contributed by atoms with Crippen LogP contribution in [0.5, 0.6) is 17.2 Å². The van der Waals surface area contributed by atoms with Crippen LogP contribution in [-0.2, 0) is 35.5 Å². The van der Waals surface area contributed by atoms with Gasteiger partial charge in [-0.15, -0.1) is 0 Å². The minimum atomic E-state index is -0.793. The van der Waals surface area contributed by atoms with Crippen molar-refractivity contribution in [1.82, 2.24) is 0 Å². The molecular weight excluding hydrogens is 989 g/mol. The smallest absolute Gasteiger partial charge is 0.166 e. The van der Waals surface area contributed by atoms with Crippen LogP contribution in [0.1, 0.15) is 117 Å². The van der Waals surface area contributed by atoms with E-state index in [0.717, 1.165) is 112 Å². The molecule has 12 heteroatoms. The van der Waals surface area contributed by atoms with Gasteiger partial charge in [0.15, 0.2) is 34.8 Å². The van der Waals surface area contributed by atoms with Gasteiger partial charge in [0.05, 0.1) is 19.3 Å². The van der Waals surface area contributed by atoms with E-state index in [4.69, 9.17) is 49.0 Å². The van der Waals surface area contributed by atoms with E-state index in [9.17, 15) is 26.3 Å². The lowest BCUT2D eigenvalue weighted by atomic mass is 9.59. The third-order valence-electron chi connectivity index (χ3n) is 16.6. The molecule has 72 heavy (non-hydrogen) atoms. The molecule has 3 saturated carbocycles. The van der Waals surface area contributed by atoms with E-state index in [-0.39, 0.29) is 41.1 Å². The fourth-order valence-electron chi connectivity index (χ4n) is 13.3. The third kappa shape index (κ3) is 9.96. The Bertz CT molecular complexity index is 2830. The largest absolute Gasteiger partial charge is 0.493 e. The first kappa shape index (κ1) is 50.7. The van der Waals surface area contributed by atoms with Gasteiger partial charge in [0, 0.05) is 59.8 Å². The summed E-state index contributed by atoms with van der Waals surface area (Å²) in [4.78, 5) is 0. The van der Waals surface area contributed by atoms with E-state index in [2.05, 4.69) is 0 Å². The molecule has 0 radical (unpaired) electrons. The van der Waals surface area contributed by atoms with Crippen molar-refractivity contribution >= 4 is 34.8 Å². The summed E-state index contributed by atoms with van der Waals surface area (Å²) < 4.78 is 104. The summed E-state index contributed by atoms with van der Waals surface area (Å²) in [5.74, 6) is -2.01. The Morgan fingerprint density at radius 2 is 0.889 bits per heavy atom. The lowest BCUT2D eigenvalue weighted by Gasteiger charge is -2.48. The van der Waals surface area contributed by atoms with Crippen molar-refractivity contribution in [3.05, 3.63) is 193 Å². The van der Waals surface area contributed by atoms with E-state index >= 15 is 0 Å². The van der Waals surface area contributed by atoms with E-state index in [0.29, 0.717) is 70.0 Å². The number of benzene rings is 6. The maximum absolute atomic E-state index is 14.8.